The van der Waals surface area contributed by atoms with Crippen LogP contribution in [-0.2, 0) is 0 Å². The van der Waals surface area contributed by atoms with Gasteiger partial charge in [-0.05, 0) is 47.9 Å². The molecule has 0 heterocycles. The first-order chi connectivity index (χ1) is 13.6. The molecule has 0 aliphatic heterocycles. The van der Waals surface area contributed by atoms with Crippen molar-refractivity contribution in [2.24, 2.45) is 0 Å². The van der Waals surface area contributed by atoms with Crippen molar-refractivity contribution < 1.29 is 28.4 Å². The molecule has 0 saturated carbocycles. The predicted molar refractivity (Wildman–Crippen MR) is 106 cm³/mol. The highest BCUT2D eigenvalue weighted by Gasteiger charge is 2.15. The number of methoxy groups -OCH3 is 6. The lowest BCUT2D eigenvalue weighted by molar-refractivity contribution is 0.324. The summed E-state index contributed by atoms with van der Waals surface area (Å²) in [6.45, 7) is 0. The number of rotatable bonds is 6. The summed E-state index contributed by atoms with van der Waals surface area (Å²) in [7, 11) is 9.29. The first-order valence-corrected chi connectivity index (χ1v) is 8.25. The smallest absolute Gasteiger partial charge is 0.204 e. The van der Waals surface area contributed by atoms with E-state index in [0.29, 0.717) is 45.6 Å². The van der Waals surface area contributed by atoms with E-state index < -0.39 is 0 Å². The second-order valence-electron chi connectivity index (χ2n) is 5.26. The maximum absolute atomic E-state index is 5.41. The fourth-order valence-corrected chi connectivity index (χ4v) is 2.60. The Labute approximate surface area is 165 Å². The average molecular weight is 382 g/mol. The molecule has 0 spiro atoms. The third-order valence-corrected chi connectivity index (χ3v) is 3.87. The number of hydrogen-bond donors (Lipinski definition) is 0. The quantitative estimate of drug-likeness (QED) is 0.716. The van der Waals surface area contributed by atoms with E-state index in [2.05, 4.69) is 23.7 Å². The predicted octanol–water partition coefficient (Wildman–Crippen LogP) is 3.14. The molecular weight excluding hydrogens is 360 g/mol. The van der Waals surface area contributed by atoms with Crippen LogP contribution in [0.25, 0.3) is 0 Å². The van der Waals surface area contributed by atoms with E-state index in [-0.39, 0.29) is 0 Å². The van der Waals surface area contributed by atoms with Gasteiger partial charge in [-0.3, -0.25) is 0 Å². The molecule has 0 fully saturated rings. The van der Waals surface area contributed by atoms with Crippen LogP contribution < -0.4 is 28.4 Å². The zero-order chi connectivity index (χ0) is 20.5. The Bertz CT molecular complexity index is 877. The van der Waals surface area contributed by atoms with Crippen LogP contribution in [0, 0.1) is 23.7 Å². The number of ether oxygens (including phenoxy) is 6. The molecule has 2 aromatic carbocycles. The number of benzene rings is 2. The van der Waals surface area contributed by atoms with Gasteiger partial charge in [0.15, 0.2) is 23.0 Å². The summed E-state index contributed by atoms with van der Waals surface area (Å²) in [6, 6.07) is 7.09. The summed E-state index contributed by atoms with van der Waals surface area (Å²) in [5.41, 5.74) is 1.27. The molecule has 146 valence electrons. The SMILES string of the molecule is COc1ccc(C#CC#Cc2ccc(OC)c(OC)c2OC)c(OC)c1OC. The van der Waals surface area contributed by atoms with Crippen LogP contribution in [0.2, 0.25) is 0 Å². The molecular formula is C22H22O6. The lowest BCUT2D eigenvalue weighted by Crippen LogP contribution is -1.97. The van der Waals surface area contributed by atoms with E-state index in [0.717, 1.165) is 0 Å². The zero-order valence-corrected chi connectivity index (χ0v) is 16.8. The molecule has 28 heavy (non-hydrogen) atoms. The minimum atomic E-state index is 0.478. The topological polar surface area (TPSA) is 55.4 Å². The maximum Gasteiger partial charge on any atom is 0.204 e. The van der Waals surface area contributed by atoms with Crippen LogP contribution in [0.3, 0.4) is 0 Å². The molecule has 6 heteroatoms. The lowest BCUT2D eigenvalue weighted by Gasteiger charge is -2.13. The first kappa shape index (κ1) is 20.7. The summed E-state index contributed by atoms with van der Waals surface area (Å²) in [4.78, 5) is 0. The minimum absolute atomic E-state index is 0.478. The molecule has 0 aliphatic carbocycles. The lowest BCUT2D eigenvalue weighted by atomic mass is 10.1. The molecule has 0 bridgehead atoms. The van der Waals surface area contributed by atoms with Crippen molar-refractivity contribution >= 4 is 0 Å². The van der Waals surface area contributed by atoms with Gasteiger partial charge in [0.1, 0.15) is 0 Å². The molecule has 0 saturated heterocycles. The zero-order valence-electron chi connectivity index (χ0n) is 16.8. The van der Waals surface area contributed by atoms with Crippen LogP contribution in [0.15, 0.2) is 24.3 Å². The Morgan fingerprint density at radius 3 is 1.11 bits per heavy atom. The van der Waals surface area contributed by atoms with Crippen LogP contribution >= 0.6 is 0 Å². The highest BCUT2D eigenvalue weighted by molar-refractivity contribution is 5.63. The largest absolute Gasteiger partial charge is 0.493 e. The summed E-state index contributed by atoms with van der Waals surface area (Å²) >= 11 is 0. The molecule has 0 aromatic heterocycles. The fourth-order valence-electron chi connectivity index (χ4n) is 2.60. The van der Waals surface area contributed by atoms with Crippen LogP contribution in [0.4, 0.5) is 0 Å². The van der Waals surface area contributed by atoms with Crippen LogP contribution in [0.1, 0.15) is 11.1 Å². The van der Waals surface area contributed by atoms with E-state index >= 15 is 0 Å². The molecule has 0 unspecified atom stereocenters. The molecule has 2 rings (SSSR count). The molecule has 0 amide bonds. The van der Waals surface area contributed by atoms with E-state index in [4.69, 9.17) is 28.4 Å². The van der Waals surface area contributed by atoms with Gasteiger partial charge in [0.25, 0.3) is 0 Å². The standard InChI is InChI=1S/C22H22O6/c1-23-17-13-11-15(19(25-3)21(17)27-5)9-7-8-10-16-12-14-18(24-2)22(28-6)20(16)26-4/h11-14H,1-6H3. The van der Waals surface area contributed by atoms with Gasteiger partial charge in [0, 0.05) is 0 Å². The summed E-state index contributed by atoms with van der Waals surface area (Å²) in [5, 5.41) is 0. The molecule has 0 atom stereocenters. The molecule has 0 aliphatic rings. The Morgan fingerprint density at radius 2 is 0.821 bits per heavy atom. The highest BCUT2D eigenvalue weighted by Crippen LogP contribution is 2.40. The van der Waals surface area contributed by atoms with Crippen LogP contribution in [0.5, 0.6) is 34.5 Å². The van der Waals surface area contributed by atoms with Crippen molar-refractivity contribution in [2.45, 2.75) is 0 Å². The molecule has 0 N–H and O–H groups in total. The van der Waals surface area contributed by atoms with Gasteiger partial charge < -0.3 is 28.4 Å². The summed E-state index contributed by atoms with van der Waals surface area (Å²) < 4.78 is 32.1. The van der Waals surface area contributed by atoms with Gasteiger partial charge in [0.2, 0.25) is 11.5 Å². The van der Waals surface area contributed by atoms with Crippen molar-refractivity contribution in [1.82, 2.24) is 0 Å². The van der Waals surface area contributed by atoms with Gasteiger partial charge in [-0.1, -0.05) is 0 Å². The van der Waals surface area contributed by atoms with Gasteiger partial charge in [-0.2, -0.15) is 0 Å². The summed E-state index contributed by atoms with van der Waals surface area (Å²) in [5.74, 6) is 14.6. The Hall–Kier alpha value is -3.64. The Balaban J connectivity index is 2.41. The van der Waals surface area contributed by atoms with Crippen molar-refractivity contribution in [3.63, 3.8) is 0 Å². The van der Waals surface area contributed by atoms with Gasteiger partial charge in [-0.25, -0.2) is 0 Å². The third kappa shape index (κ3) is 4.19. The Morgan fingerprint density at radius 1 is 0.464 bits per heavy atom. The van der Waals surface area contributed by atoms with Crippen molar-refractivity contribution in [2.75, 3.05) is 42.7 Å². The van der Waals surface area contributed by atoms with E-state index in [1.165, 1.54) is 0 Å². The monoisotopic (exact) mass is 382 g/mol. The van der Waals surface area contributed by atoms with Gasteiger partial charge in [-0.15, -0.1) is 0 Å². The summed E-state index contributed by atoms with van der Waals surface area (Å²) in [6.07, 6.45) is 0. The van der Waals surface area contributed by atoms with E-state index in [9.17, 15) is 0 Å². The average Bonchev–Trinajstić information content (AvgIpc) is 2.74. The molecule has 6 nitrogen and oxygen atoms in total. The maximum atomic E-state index is 5.41. The van der Waals surface area contributed by atoms with Crippen LogP contribution in [-0.4, -0.2) is 42.7 Å². The van der Waals surface area contributed by atoms with Crippen molar-refractivity contribution in [1.29, 1.82) is 0 Å². The number of hydrogen-bond acceptors (Lipinski definition) is 6. The van der Waals surface area contributed by atoms with E-state index in [1.807, 2.05) is 0 Å². The highest BCUT2D eigenvalue weighted by atomic mass is 16.5. The molecule has 2 aromatic rings. The third-order valence-electron chi connectivity index (χ3n) is 3.87. The normalized spacial score (nSPS) is 9.21. The second-order valence-corrected chi connectivity index (χ2v) is 5.26. The minimum Gasteiger partial charge on any atom is -0.493 e. The van der Waals surface area contributed by atoms with Crippen molar-refractivity contribution in [3.8, 4) is 58.2 Å². The second kappa shape index (κ2) is 9.89. The molecule has 0 radical (unpaired) electrons. The Kier molecular flexibility index (Phi) is 7.30. The van der Waals surface area contributed by atoms with Gasteiger partial charge >= 0.3 is 0 Å². The van der Waals surface area contributed by atoms with Crippen molar-refractivity contribution in [3.05, 3.63) is 35.4 Å². The van der Waals surface area contributed by atoms with E-state index in [1.54, 1.807) is 66.9 Å². The first-order valence-electron chi connectivity index (χ1n) is 8.25. The van der Waals surface area contributed by atoms with Gasteiger partial charge in [0.05, 0.1) is 53.8 Å². The fraction of sp³-hybridized carbons (Fsp3) is 0.273.